The van der Waals surface area contributed by atoms with Crippen LogP contribution in [0.4, 0.5) is 4.79 Å². The van der Waals surface area contributed by atoms with Crippen LogP contribution in [0.5, 0.6) is 0 Å². The van der Waals surface area contributed by atoms with Crippen molar-refractivity contribution in [3.8, 4) is 0 Å². The highest BCUT2D eigenvalue weighted by Crippen LogP contribution is 2.16. The molecule has 0 aliphatic carbocycles. The topological polar surface area (TPSA) is 102 Å². The molecule has 0 saturated heterocycles. The van der Waals surface area contributed by atoms with Gasteiger partial charge in [-0.05, 0) is 65.7 Å². The van der Waals surface area contributed by atoms with Crippen molar-refractivity contribution in [3.63, 3.8) is 0 Å². The van der Waals surface area contributed by atoms with Crippen molar-refractivity contribution in [2.24, 2.45) is 0 Å². The molecule has 1 aromatic rings. The SMILES string of the molecule is Cc1cc(CC(NC(=O)OC(C)(C)C)C(=O)OC(C)(C)C)ccc1C(=O)O. The molecule has 0 aliphatic rings. The number of aromatic carboxylic acids is 1. The average molecular weight is 379 g/mol. The highest BCUT2D eigenvalue weighted by atomic mass is 16.6. The predicted molar refractivity (Wildman–Crippen MR) is 101 cm³/mol. The zero-order chi connectivity index (χ0) is 21.0. The summed E-state index contributed by atoms with van der Waals surface area (Å²) in [6.45, 7) is 12.1. The molecule has 0 fully saturated rings. The Morgan fingerprint density at radius 3 is 2.04 bits per heavy atom. The third kappa shape index (κ3) is 8.11. The summed E-state index contributed by atoms with van der Waals surface area (Å²) in [6.07, 6.45) is -0.577. The van der Waals surface area contributed by atoms with E-state index in [1.807, 2.05) is 0 Å². The van der Waals surface area contributed by atoms with E-state index >= 15 is 0 Å². The predicted octanol–water partition coefficient (Wildman–Crippen LogP) is 3.47. The van der Waals surface area contributed by atoms with Crippen molar-refractivity contribution in [1.29, 1.82) is 0 Å². The van der Waals surface area contributed by atoms with Crippen LogP contribution in [-0.4, -0.2) is 40.4 Å². The molecule has 27 heavy (non-hydrogen) atoms. The van der Waals surface area contributed by atoms with E-state index in [4.69, 9.17) is 14.6 Å². The summed E-state index contributed by atoms with van der Waals surface area (Å²) in [7, 11) is 0. The first-order valence-electron chi connectivity index (χ1n) is 8.73. The molecule has 0 heterocycles. The zero-order valence-corrected chi connectivity index (χ0v) is 17.0. The summed E-state index contributed by atoms with van der Waals surface area (Å²) in [5.74, 6) is -1.61. The van der Waals surface area contributed by atoms with Gasteiger partial charge in [-0.2, -0.15) is 0 Å². The number of amides is 1. The largest absolute Gasteiger partial charge is 0.478 e. The van der Waals surface area contributed by atoms with Crippen molar-refractivity contribution >= 4 is 18.0 Å². The molecule has 7 nitrogen and oxygen atoms in total. The van der Waals surface area contributed by atoms with Gasteiger partial charge in [-0.3, -0.25) is 0 Å². The molecule has 1 rings (SSSR count). The van der Waals surface area contributed by atoms with Crippen molar-refractivity contribution in [2.75, 3.05) is 0 Å². The van der Waals surface area contributed by atoms with E-state index < -0.39 is 35.3 Å². The van der Waals surface area contributed by atoms with Gasteiger partial charge in [0.25, 0.3) is 0 Å². The lowest BCUT2D eigenvalue weighted by Crippen LogP contribution is -2.47. The van der Waals surface area contributed by atoms with Gasteiger partial charge in [0.2, 0.25) is 0 Å². The molecular formula is C20H29NO6. The molecule has 1 unspecified atom stereocenters. The molecule has 0 saturated carbocycles. The molecule has 0 aliphatic heterocycles. The van der Waals surface area contributed by atoms with E-state index in [1.54, 1.807) is 60.6 Å². The first kappa shape index (κ1) is 22.5. The number of hydrogen-bond acceptors (Lipinski definition) is 5. The van der Waals surface area contributed by atoms with E-state index in [9.17, 15) is 14.4 Å². The highest BCUT2D eigenvalue weighted by Gasteiger charge is 2.29. The smallest absolute Gasteiger partial charge is 0.408 e. The van der Waals surface area contributed by atoms with E-state index in [0.29, 0.717) is 11.1 Å². The quantitative estimate of drug-likeness (QED) is 0.760. The summed E-state index contributed by atoms with van der Waals surface area (Å²) < 4.78 is 10.6. The Hall–Kier alpha value is -2.57. The fourth-order valence-electron chi connectivity index (χ4n) is 2.34. The van der Waals surface area contributed by atoms with Gasteiger partial charge in [0.1, 0.15) is 17.2 Å². The maximum Gasteiger partial charge on any atom is 0.408 e. The van der Waals surface area contributed by atoms with Crippen LogP contribution in [0.25, 0.3) is 0 Å². The van der Waals surface area contributed by atoms with Gasteiger partial charge >= 0.3 is 18.0 Å². The third-order valence-corrected chi connectivity index (χ3v) is 3.34. The number of carbonyl (C=O) groups excluding carboxylic acids is 2. The number of nitrogens with one attached hydrogen (secondary N) is 1. The normalized spacial score (nSPS) is 12.9. The molecule has 0 radical (unpaired) electrons. The number of carboxylic acids is 1. The van der Waals surface area contributed by atoms with Gasteiger partial charge in [0, 0.05) is 6.42 Å². The maximum atomic E-state index is 12.5. The molecular weight excluding hydrogens is 350 g/mol. The van der Waals surface area contributed by atoms with Crippen LogP contribution in [0.2, 0.25) is 0 Å². The highest BCUT2D eigenvalue weighted by molar-refractivity contribution is 5.89. The van der Waals surface area contributed by atoms with Crippen LogP contribution in [0, 0.1) is 6.92 Å². The van der Waals surface area contributed by atoms with Gasteiger partial charge in [-0.25, -0.2) is 14.4 Å². The number of benzene rings is 1. The van der Waals surface area contributed by atoms with Gasteiger partial charge in [-0.1, -0.05) is 12.1 Å². The second-order valence-corrected chi connectivity index (χ2v) is 8.39. The van der Waals surface area contributed by atoms with Crippen LogP contribution in [0.1, 0.15) is 63.0 Å². The van der Waals surface area contributed by atoms with Crippen molar-refractivity contribution in [3.05, 3.63) is 34.9 Å². The Morgan fingerprint density at radius 1 is 1.04 bits per heavy atom. The monoisotopic (exact) mass is 379 g/mol. The summed E-state index contributed by atoms with van der Waals surface area (Å²) in [6, 6.07) is 3.81. The number of carboxylic acid groups (broad SMARTS) is 1. The zero-order valence-electron chi connectivity index (χ0n) is 17.0. The number of aryl methyl sites for hydroxylation is 1. The minimum absolute atomic E-state index is 0.148. The van der Waals surface area contributed by atoms with Crippen LogP contribution < -0.4 is 5.32 Å². The van der Waals surface area contributed by atoms with Gasteiger partial charge < -0.3 is 19.9 Å². The molecule has 1 amide bonds. The Kier molecular flexibility index (Phi) is 7.00. The Labute approximate surface area is 160 Å². The number of ether oxygens (including phenoxy) is 2. The van der Waals surface area contributed by atoms with E-state index in [2.05, 4.69) is 5.32 Å². The van der Waals surface area contributed by atoms with Gasteiger partial charge in [0.15, 0.2) is 0 Å². The Bertz CT molecular complexity index is 712. The molecule has 1 atom stereocenters. The average Bonchev–Trinajstić information content (AvgIpc) is 2.42. The van der Waals surface area contributed by atoms with Crippen molar-refractivity contribution in [2.45, 2.75) is 72.1 Å². The minimum atomic E-state index is -1.02. The molecule has 0 spiro atoms. The third-order valence-electron chi connectivity index (χ3n) is 3.34. The van der Waals surface area contributed by atoms with Gasteiger partial charge in [0.05, 0.1) is 5.56 Å². The fourth-order valence-corrected chi connectivity index (χ4v) is 2.34. The lowest BCUT2D eigenvalue weighted by atomic mass is 10.00. The first-order valence-corrected chi connectivity index (χ1v) is 8.73. The number of alkyl carbamates (subject to hydrolysis) is 1. The van der Waals surface area contributed by atoms with E-state index in [0.717, 1.165) is 0 Å². The standard InChI is InChI=1S/C20H29NO6/c1-12-10-13(8-9-14(12)16(22)23)11-15(17(24)26-19(2,3)4)21-18(25)27-20(5,6)7/h8-10,15H,11H2,1-7H3,(H,21,25)(H,22,23). The van der Waals surface area contributed by atoms with Crippen LogP contribution in [0.3, 0.4) is 0 Å². The summed E-state index contributed by atoms with van der Waals surface area (Å²) in [5.41, 5.74) is 0.0355. The van der Waals surface area contributed by atoms with Crippen molar-refractivity contribution < 1.29 is 29.0 Å². The second-order valence-electron chi connectivity index (χ2n) is 8.39. The minimum Gasteiger partial charge on any atom is -0.478 e. The molecule has 1 aromatic carbocycles. The van der Waals surface area contributed by atoms with Crippen LogP contribution in [0.15, 0.2) is 18.2 Å². The van der Waals surface area contributed by atoms with Crippen LogP contribution >= 0.6 is 0 Å². The van der Waals surface area contributed by atoms with Crippen LogP contribution in [-0.2, 0) is 20.7 Å². The molecule has 150 valence electrons. The molecule has 2 N–H and O–H groups in total. The number of carbonyl (C=O) groups is 3. The molecule has 0 aromatic heterocycles. The maximum absolute atomic E-state index is 12.5. The number of hydrogen-bond donors (Lipinski definition) is 2. The second kappa shape index (κ2) is 8.41. The van der Waals surface area contributed by atoms with Gasteiger partial charge in [-0.15, -0.1) is 0 Å². The summed E-state index contributed by atoms with van der Waals surface area (Å²) in [5, 5.41) is 11.7. The Balaban J connectivity index is 3.03. The summed E-state index contributed by atoms with van der Waals surface area (Å²) >= 11 is 0. The lowest BCUT2D eigenvalue weighted by Gasteiger charge is -2.26. The lowest BCUT2D eigenvalue weighted by molar-refractivity contribution is -0.157. The van der Waals surface area contributed by atoms with E-state index in [1.165, 1.54) is 6.07 Å². The van der Waals surface area contributed by atoms with Crippen molar-refractivity contribution in [1.82, 2.24) is 5.32 Å². The Morgan fingerprint density at radius 2 is 1.59 bits per heavy atom. The van der Waals surface area contributed by atoms with E-state index in [-0.39, 0.29) is 12.0 Å². The molecule has 0 bridgehead atoms. The first-order chi connectivity index (χ1) is 12.2. The molecule has 7 heteroatoms. The number of esters is 1. The fraction of sp³-hybridized carbons (Fsp3) is 0.550. The number of rotatable bonds is 5. The summed E-state index contributed by atoms with van der Waals surface area (Å²) in [4.78, 5) is 35.8.